The maximum Gasteiger partial charge on any atom is 0.137 e. The van der Waals surface area contributed by atoms with Gasteiger partial charge in [0.05, 0.1) is 24.8 Å². The molecule has 5 rings (SSSR count). The van der Waals surface area contributed by atoms with Crippen molar-refractivity contribution in [2.45, 2.75) is 25.2 Å². The molecule has 7 nitrogen and oxygen atoms in total. The second-order valence-electron chi connectivity index (χ2n) is 8.41. The van der Waals surface area contributed by atoms with Gasteiger partial charge in [0.15, 0.2) is 0 Å². The molecule has 0 aliphatic carbocycles. The Morgan fingerprint density at radius 3 is 2.58 bits per heavy atom. The van der Waals surface area contributed by atoms with Crippen molar-refractivity contribution >= 4 is 39.8 Å². The number of nitrogens with zero attached hydrogens (tertiary/aromatic N) is 5. The molecule has 0 radical (unpaired) electrons. The third-order valence-corrected chi connectivity index (χ3v) is 6.46. The van der Waals surface area contributed by atoms with Crippen LogP contribution in [-0.2, 0) is 25.2 Å². The minimum atomic E-state index is -1.79. The minimum Gasteiger partial charge on any atom is -0.381 e. The predicted octanol–water partition coefficient (Wildman–Crippen LogP) is 5.41. The Labute approximate surface area is 214 Å². The number of aliphatic hydroxyl groups is 1. The molecule has 11 heteroatoms. The fourth-order valence-electron chi connectivity index (χ4n) is 4.10. The lowest BCUT2D eigenvalue weighted by molar-refractivity contribution is -0.00734. The summed E-state index contributed by atoms with van der Waals surface area (Å²) in [4.78, 5) is 3.89. The summed E-state index contributed by atoms with van der Waals surface area (Å²) in [6, 6.07) is 14.1. The largest absolute Gasteiger partial charge is 0.381 e. The first-order valence-electron chi connectivity index (χ1n) is 10.9. The summed E-state index contributed by atoms with van der Waals surface area (Å²) < 4.78 is 31.3. The van der Waals surface area contributed by atoms with Gasteiger partial charge in [-0.3, -0.25) is 4.68 Å². The zero-order chi connectivity index (χ0) is 25.3. The Bertz CT molecular complexity index is 1520. The van der Waals surface area contributed by atoms with Gasteiger partial charge in [-0.2, -0.15) is 10.2 Å². The molecule has 0 amide bonds. The summed E-state index contributed by atoms with van der Waals surface area (Å²) in [6.45, 7) is 0.279. The number of hydrogen-bond acceptors (Lipinski definition) is 5. The molecule has 3 aromatic carbocycles. The summed E-state index contributed by atoms with van der Waals surface area (Å²) in [6.07, 6.45) is 4.39. The fourth-order valence-corrected chi connectivity index (χ4v) is 4.58. The Kier molecular flexibility index (Phi) is 6.61. The van der Waals surface area contributed by atoms with E-state index in [1.165, 1.54) is 23.4 Å². The topological polar surface area (TPSA) is 80.8 Å². The molecule has 0 spiro atoms. The quantitative estimate of drug-likeness (QED) is 0.281. The van der Waals surface area contributed by atoms with E-state index in [0.717, 1.165) is 34.3 Å². The lowest BCUT2D eigenvalue weighted by atomic mass is 9.92. The second kappa shape index (κ2) is 9.85. The molecule has 0 aliphatic rings. The molecule has 184 valence electrons. The van der Waals surface area contributed by atoms with Crippen molar-refractivity contribution in [3.05, 3.63) is 106 Å². The zero-order valence-electron chi connectivity index (χ0n) is 18.7. The molecule has 2 aromatic heterocycles. The van der Waals surface area contributed by atoms with Gasteiger partial charge in [0, 0.05) is 39.3 Å². The van der Waals surface area contributed by atoms with Gasteiger partial charge in [0.25, 0.3) is 0 Å². The van der Waals surface area contributed by atoms with Gasteiger partial charge in [-0.05, 0) is 42.0 Å². The molecule has 0 bridgehead atoms. The normalized spacial score (nSPS) is 13.1. The van der Waals surface area contributed by atoms with Gasteiger partial charge in [0.1, 0.15) is 29.9 Å². The van der Waals surface area contributed by atoms with Gasteiger partial charge < -0.3 is 10.4 Å². The first-order valence-corrected chi connectivity index (χ1v) is 11.7. The van der Waals surface area contributed by atoms with E-state index in [-0.39, 0.29) is 18.7 Å². The van der Waals surface area contributed by atoms with Crippen molar-refractivity contribution in [3.63, 3.8) is 0 Å². The highest BCUT2D eigenvalue weighted by atomic mass is 35.5. The molecule has 1 atom stereocenters. The number of nitrogens with one attached hydrogen (secondary N) is 1. The third-order valence-electron chi connectivity index (χ3n) is 5.87. The standard InChI is InChI=1S/C25H20Cl2F2N6O/c26-18-2-1-16(22(27)8-18)10-31-20-4-6-24-17(7-20)11-32-35(24)13-25(36,12-34-15-30-14-33-34)21-5-3-19(28)9-23(21)29/h1-9,11,14-15,31,36H,10,12-13H2. The number of halogens is 4. The molecule has 1 unspecified atom stereocenters. The van der Waals surface area contributed by atoms with Crippen molar-refractivity contribution < 1.29 is 13.9 Å². The van der Waals surface area contributed by atoms with Crippen LogP contribution in [0.1, 0.15) is 11.1 Å². The highest BCUT2D eigenvalue weighted by Crippen LogP contribution is 2.30. The van der Waals surface area contributed by atoms with Crippen molar-refractivity contribution in [2.24, 2.45) is 0 Å². The number of rotatable bonds is 8. The average Bonchev–Trinajstić information content (AvgIpc) is 3.48. The van der Waals surface area contributed by atoms with Gasteiger partial charge in [0.2, 0.25) is 0 Å². The zero-order valence-corrected chi connectivity index (χ0v) is 20.3. The summed E-state index contributed by atoms with van der Waals surface area (Å²) in [7, 11) is 0. The van der Waals surface area contributed by atoms with Gasteiger partial charge in [-0.15, -0.1) is 0 Å². The molecule has 0 saturated carbocycles. The van der Waals surface area contributed by atoms with E-state index in [1.807, 2.05) is 24.3 Å². The Balaban J connectivity index is 1.42. The van der Waals surface area contributed by atoms with Crippen LogP contribution >= 0.6 is 23.2 Å². The highest BCUT2D eigenvalue weighted by Gasteiger charge is 2.35. The molecule has 2 N–H and O–H groups in total. The van der Waals surface area contributed by atoms with Crippen LogP contribution in [0, 0.1) is 11.6 Å². The molecule has 36 heavy (non-hydrogen) atoms. The number of anilines is 1. The van der Waals surface area contributed by atoms with Gasteiger partial charge >= 0.3 is 0 Å². The Morgan fingerprint density at radius 2 is 1.83 bits per heavy atom. The van der Waals surface area contributed by atoms with E-state index < -0.39 is 17.2 Å². The fraction of sp³-hybridized carbons (Fsp3) is 0.160. The summed E-state index contributed by atoms with van der Waals surface area (Å²) >= 11 is 12.2. The van der Waals surface area contributed by atoms with Crippen molar-refractivity contribution in [1.29, 1.82) is 0 Å². The van der Waals surface area contributed by atoms with E-state index in [9.17, 15) is 13.9 Å². The van der Waals surface area contributed by atoms with Crippen LogP contribution < -0.4 is 5.32 Å². The van der Waals surface area contributed by atoms with Gasteiger partial charge in [-0.1, -0.05) is 35.3 Å². The lowest BCUT2D eigenvalue weighted by Gasteiger charge is -2.29. The maximum atomic E-state index is 14.7. The second-order valence-corrected chi connectivity index (χ2v) is 9.26. The first kappa shape index (κ1) is 24.2. The highest BCUT2D eigenvalue weighted by molar-refractivity contribution is 6.35. The van der Waals surface area contributed by atoms with E-state index >= 15 is 0 Å². The Morgan fingerprint density at radius 1 is 0.972 bits per heavy atom. The molecule has 0 aliphatic heterocycles. The van der Waals surface area contributed by atoms with Crippen LogP contribution in [0.5, 0.6) is 0 Å². The predicted molar refractivity (Wildman–Crippen MR) is 134 cm³/mol. The van der Waals surface area contributed by atoms with E-state index in [1.54, 1.807) is 23.0 Å². The van der Waals surface area contributed by atoms with E-state index in [0.29, 0.717) is 16.6 Å². The number of fused-ring (bicyclic) bond motifs is 1. The van der Waals surface area contributed by atoms with Crippen LogP contribution in [0.2, 0.25) is 10.0 Å². The smallest absolute Gasteiger partial charge is 0.137 e. The van der Waals surface area contributed by atoms with Crippen LogP contribution in [0.25, 0.3) is 10.9 Å². The van der Waals surface area contributed by atoms with Crippen LogP contribution in [0.15, 0.2) is 73.4 Å². The molecule has 0 fully saturated rings. The number of hydrogen-bond donors (Lipinski definition) is 2. The summed E-state index contributed by atoms with van der Waals surface area (Å²) in [5.74, 6) is -1.59. The first-order chi connectivity index (χ1) is 17.3. The molecule has 5 aromatic rings. The summed E-state index contributed by atoms with van der Waals surface area (Å²) in [5.41, 5.74) is 0.616. The lowest BCUT2D eigenvalue weighted by Crippen LogP contribution is -2.37. The number of benzene rings is 3. The van der Waals surface area contributed by atoms with Gasteiger partial charge in [-0.25, -0.2) is 18.4 Å². The molecule has 2 heterocycles. The van der Waals surface area contributed by atoms with Crippen LogP contribution in [-0.4, -0.2) is 29.7 Å². The van der Waals surface area contributed by atoms with Crippen molar-refractivity contribution in [1.82, 2.24) is 24.5 Å². The number of aromatic nitrogens is 5. The van der Waals surface area contributed by atoms with E-state index in [2.05, 4.69) is 20.5 Å². The van der Waals surface area contributed by atoms with Crippen molar-refractivity contribution in [2.75, 3.05) is 5.32 Å². The SMILES string of the molecule is OC(Cn1cncn1)(Cn1ncc2cc(NCc3ccc(Cl)cc3Cl)ccc21)c1ccc(F)cc1F. The molecule has 0 saturated heterocycles. The van der Waals surface area contributed by atoms with Crippen LogP contribution in [0.4, 0.5) is 14.5 Å². The average molecular weight is 529 g/mol. The van der Waals surface area contributed by atoms with Crippen molar-refractivity contribution in [3.8, 4) is 0 Å². The molecular formula is C25H20Cl2F2N6O. The summed E-state index contributed by atoms with van der Waals surface area (Å²) in [5, 5.41) is 25.3. The minimum absolute atomic E-state index is 0.0684. The van der Waals surface area contributed by atoms with Crippen LogP contribution in [0.3, 0.4) is 0 Å². The van der Waals surface area contributed by atoms with E-state index in [4.69, 9.17) is 23.2 Å². The maximum absolute atomic E-state index is 14.7. The molecular weight excluding hydrogens is 509 g/mol. The third kappa shape index (κ3) is 5.04. The Hall–Kier alpha value is -3.53. The monoisotopic (exact) mass is 528 g/mol.